The summed E-state index contributed by atoms with van der Waals surface area (Å²) in [6, 6.07) is 0. The average molecular weight is 405 g/mol. The molecule has 164 valence electrons. The smallest absolute Gasteiger partial charge is 0.264 e. The maximum absolute atomic E-state index is 11.9. The summed E-state index contributed by atoms with van der Waals surface area (Å²) >= 11 is 0. The van der Waals surface area contributed by atoms with Crippen LogP contribution in [0.3, 0.4) is 0 Å². The third kappa shape index (κ3) is 21.9. The van der Waals surface area contributed by atoms with Gasteiger partial charge >= 0.3 is 0 Å². The van der Waals surface area contributed by atoms with E-state index in [1.54, 1.807) is 0 Å². The molecule has 0 aromatic rings. The van der Waals surface area contributed by atoms with Crippen molar-refractivity contribution in [3.05, 3.63) is 0 Å². The standard InChI is InChI=1S/C23H48N2O.ClH/c1-5-7-8-9-10-11-12-13-14-15-16-17-18-19-20-21-23(26)24-25(3,4)22-6-2;/h5-22H2,1-4H3;1H. The Morgan fingerprint density at radius 3 is 1.37 bits per heavy atom. The highest BCUT2D eigenvalue weighted by Crippen LogP contribution is 2.13. The number of hydrogen-bond donors (Lipinski definition) is 1. The summed E-state index contributed by atoms with van der Waals surface area (Å²) in [7, 11) is 4.13. The van der Waals surface area contributed by atoms with Crippen LogP contribution in [0.1, 0.15) is 123 Å². The lowest BCUT2D eigenvalue weighted by Gasteiger charge is -2.28. The predicted molar refractivity (Wildman–Crippen MR) is 115 cm³/mol. The summed E-state index contributed by atoms with van der Waals surface area (Å²) in [5, 5.41) is 0. The molecule has 0 aromatic heterocycles. The van der Waals surface area contributed by atoms with Gasteiger partial charge in [0.15, 0.2) is 0 Å². The van der Waals surface area contributed by atoms with Crippen molar-refractivity contribution in [2.45, 2.75) is 123 Å². The van der Waals surface area contributed by atoms with Crippen molar-refractivity contribution in [1.29, 1.82) is 0 Å². The van der Waals surface area contributed by atoms with Crippen LogP contribution in [-0.4, -0.2) is 31.1 Å². The summed E-state index contributed by atoms with van der Waals surface area (Å²) in [6.45, 7) is 5.43. The number of carbonyl (C=O) groups is 1. The van der Waals surface area contributed by atoms with Crippen LogP contribution >= 0.6 is 0 Å². The molecule has 0 atom stereocenters. The Labute approximate surface area is 177 Å². The third-order valence-electron chi connectivity index (χ3n) is 5.22. The molecule has 0 aliphatic rings. The van der Waals surface area contributed by atoms with Crippen molar-refractivity contribution in [2.75, 3.05) is 20.6 Å². The molecule has 0 rings (SSSR count). The Kier molecular flexibility index (Phi) is 21.9. The number of hydrogen-bond acceptors (Lipinski definition) is 1. The van der Waals surface area contributed by atoms with Crippen molar-refractivity contribution in [2.24, 2.45) is 0 Å². The zero-order valence-electron chi connectivity index (χ0n) is 19.0. The summed E-state index contributed by atoms with van der Waals surface area (Å²) in [5.74, 6) is 0.207. The van der Waals surface area contributed by atoms with Gasteiger partial charge in [0.2, 0.25) is 0 Å². The van der Waals surface area contributed by atoms with E-state index in [-0.39, 0.29) is 18.3 Å². The maximum atomic E-state index is 11.9. The normalized spacial score (nSPS) is 11.3. The monoisotopic (exact) mass is 404 g/mol. The fraction of sp³-hybridized carbons (Fsp3) is 0.957. The first-order valence-corrected chi connectivity index (χ1v) is 11.7. The number of halogens is 1. The molecule has 0 unspecified atom stereocenters. The molecule has 0 saturated heterocycles. The third-order valence-corrected chi connectivity index (χ3v) is 5.22. The molecule has 0 bridgehead atoms. The second kappa shape index (κ2) is 20.5. The second-order valence-corrected chi connectivity index (χ2v) is 8.64. The first-order chi connectivity index (χ1) is 12.5. The number of amides is 1. The summed E-state index contributed by atoms with van der Waals surface area (Å²) < 4.78 is 0.605. The van der Waals surface area contributed by atoms with Gasteiger partial charge < -0.3 is 12.4 Å². The Morgan fingerprint density at radius 2 is 1.00 bits per heavy atom. The number of nitrogens with zero attached hydrogens (tertiary/aromatic N) is 1. The zero-order chi connectivity index (χ0) is 19.5. The minimum Gasteiger partial charge on any atom is -1.00 e. The van der Waals surface area contributed by atoms with Gasteiger partial charge in [0.25, 0.3) is 5.91 Å². The number of nitrogens with one attached hydrogen (secondary N) is 1. The molecule has 0 saturated carbocycles. The summed E-state index contributed by atoms with van der Waals surface area (Å²) in [6.07, 6.45) is 22.3. The Balaban J connectivity index is 0. The van der Waals surface area contributed by atoms with Gasteiger partial charge in [0.1, 0.15) is 6.54 Å². The van der Waals surface area contributed by atoms with Crippen LogP contribution < -0.4 is 17.8 Å². The molecular weight excluding hydrogens is 356 g/mol. The second-order valence-electron chi connectivity index (χ2n) is 8.64. The van der Waals surface area contributed by atoms with Gasteiger partial charge in [0.05, 0.1) is 14.1 Å². The molecule has 4 heteroatoms. The van der Waals surface area contributed by atoms with E-state index in [1.807, 2.05) is 0 Å². The first kappa shape index (κ1) is 28.9. The lowest BCUT2D eigenvalue weighted by molar-refractivity contribution is -0.925. The minimum absolute atomic E-state index is 0. The highest BCUT2D eigenvalue weighted by atomic mass is 35.5. The highest BCUT2D eigenvalue weighted by Gasteiger charge is 2.16. The quantitative estimate of drug-likeness (QED) is 0.198. The van der Waals surface area contributed by atoms with E-state index in [0.717, 1.165) is 19.4 Å². The van der Waals surface area contributed by atoms with Crippen LogP contribution in [0.15, 0.2) is 0 Å². The molecular formula is C23H49ClN2O. The zero-order valence-corrected chi connectivity index (χ0v) is 19.7. The van der Waals surface area contributed by atoms with E-state index in [0.29, 0.717) is 11.0 Å². The molecule has 0 aliphatic heterocycles. The number of quaternary nitrogens is 1. The van der Waals surface area contributed by atoms with Crippen molar-refractivity contribution < 1.29 is 21.8 Å². The molecule has 3 nitrogen and oxygen atoms in total. The average Bonchev–Trinajstić information content (AvgIpc) is 2.57. The Hall–Kier alpha value is -0.280. The van der Waals surface area contributed by atoms with E-state index in [9.17, 15) is 4.79 Å². The Morgan fingerprint density at radius 1 is 0.630 bits per heavy atom. The van der Waals surface area contributed by atoms with Crippen LogP contribution in [-0.2, 0) is 4.79 Å². The van der Waals surface area contributed by atoms with Gasteiger partial charge in [-0.15, -0.1) is 0 Å². The van der Waals surface area contributed by atoms with E-state index in [2.05, 4.69) is 33.4 Å². The maximum Gasteiger partial charge on any atom is 0.264 e. The molecule has 0 aliphatic carbocycles. The molecule has 0 fully saturated rings. The van der Waals surface area contributed by atoms with Crippen molar-refractivity contribution in [3.63, 3.8) is 0 Å². The van der Waals surface area contributed by atoms with E-state index < -0.39 is 0 Å². The predicted octanol–water partition coefficient (Wildman–Crippen LogP) is 3.77. The number of rotatable bonds is 19. The molecule has 0 heterocycles. The highest BCUT2D eigenvalue weighted by molar-refractivity contribution is 5.74. The van der Waals surface area contributed by atoms with Gasteiger partial charge in [-0.05, 0) is 12.8 Å². The van der Waals surface area contributed by atoms with Crippen LogP contribution in [0.2, 0.25) is 0 Å². The fourth-order valence-corrected chi connectivity index (χ4v) is 3.67. The first-order valence-electron chi connectivity index (χ1n) is 11.7. The number of carbonyl (C=O) groups excluding carboxylic acids is 1. The van der Waals surface area contributed by atoms with Crippen molar-refractivity contribution >= 4 is 5.91 Å². The van der Waals surface area contributed by atoms with E-state index in [1.165, 1.54) is 89.9 Å². The summed E-state index contributed by atoms with van der Waals surface area (Å²) in [4.78, 5) is 11.9. The molecule has 1 amide bonds. The lowest BCUT2D eigenvalue weighted by atomic mass is 10.0. The molecule has 0 spiro atoms. The fourth-order valence-electron chi connectivity index (χ4n) is 3.67. The van der Waals surface area contributed by atoms with Gasteiger partial charge in [-0.1, -0.05) is 104 Å². The van der Waals surface area contributed by atoms with Gasteiger partial charge in [0, 0.05) is 6.42 Å². The van der Waals surface area contributed by atoms with Crippen LogP contribution in [0, 0.1) is 0 Å². The molecule has 0 radical (unpaired) electrons. The number of unbranched alkanes of at least 4 members (excludes halogenated alkanes) is 14. The van der Waals surface area contributed by atoms with Crippen LogP contribution in [0.25, 0.3) is 0 Å². The SMILES string of the molecule is CCCCCCCCCCCCCCCCCC(=O)N[N+](C)(C)CCC.[Cl-]. The largest absolute Gasteiger partial charge is 1.00 e. The van der Waals surface area contributed by atoms with E-state index >= 15 is 0 Å². The van der Waals surface area contributed by atoms with Gasteiger partial charge in [-0.25, -0.2) is 10.0 Å². The van der Waals surface area contributed by atoms with Gasteiger partial charge in [-0.2, -0.15) is 0 Å². The summed E-state index contributed by atoms with van der Waals surface area (Å²) in [5.41, 5.74) is 3.11. The van der Waals surface area contributed by atoms with Crippen molar-refractivity contribution in [3.8, 4) is 0 Å². The molecule has 27 heavy (non-hydrogen) atoms. The molecule has 1 N–H and O–H groups in total. The van der Waals surface area contributed by atoms with Crippen LogP contribution in [0.5, 0.6) is 0 Å². The topological polar surface area (TPSA) is 29.1 Å². The molecule has 0 aromatic carbocycles. The Bertz CT molecular complexity index is 322. The van der Waals surface area contributed by atoms with Crippen molar-refractivity contribution in [1.82, 2.24) is 5.43 Å². The van der Waals surface area contributed by atoms with Gasteiger partial charge in [-0.3, -0.25) is 4.79 Å². The van der Waals surface area contributed by atoms with Crippen LogP contribution in [0.4, 0.5) is 0 Å². The lowest BCUT2D eigenvalue weighted by Crippen LogP contribution is -3.00. The van der Waals surface area contributed by atoms with E-state index in [4.69, 9.17) is 0 Å². The minimum atomic E-state index is 0.